The summed E-state index contributed by atoms with van der Waals surface area (Å²) in [6, 6.07) is 0. The van der Waals surface area contributed by atoms with Crippen LogP contribution in [-0.2, 0) is 10.2 Å². The van der Waals surface area contributed by atoms with Crippen LogP contribution in [0.4, 0.5) is 3.89 Å². The Hall–Kier alpha value is -0.620. The molecule has 0 atom stereocenters. The molecule has 0 spiro atoms. The second kappa shape index (κ2) is 2.46. The Balaban J connectivity index is 3.45. The fourth-order valence-corrected chi connectivity index (χ4v) is 1.67. The van der Waals surface area contributed by atoms with E-state index in [0.717, 1.165) is 0 Å². The molecule has 62 valence electrons. The quantitative estimate of drug-likeness (QED) is 0.640. The van der Waals surface area contributed by atoms with Gasteiger partial charge in [-0.2, -0.15) is 8.42 Å². The van der Waals surface area contributed by atoms with Gasteiger partial charge in [0.25, 0.3) is 0 Å². The van der Waals surface area contributed by atoms with Gasteiger partial charge >= 0.3 is 10.2 Å². The topological polar surface area (TPSA) is 60.2 Å². The summed E-state index contributed by atoms with van der Waals surface area (Å²) in [4.78, 5) is -0.695. The van der Waals surface area contributed by atoms with Crippen molar-refractivity contribution in [3.05, 3.63) is 10.9 Å². The molecule has 1 rings (SSSR count). The van der Waals surface area contributed by atoms with Gasteiger partial charge in [0, 0.05) is 0 Å². The van der Waals surface area contributed by atoms with Gasteiger partial charge < -0.3 is 4.52 Å². The highest BCUT2D eigenvalue weighted by molar-refractivity contribution is 7.86. The van der Waals surface area contributed by atoms with E-state index in [1.807, 2.05) is 0 Å². The predicted octanol–water partition coefficient (Wildman–Crippen LogP) is 1.29. The summed E-state index contributed by atoms with van der Waals surface area (Å²) in [7, 11) is -4.81. The van der Waals surface area contributed by atoms with Crippen LogP contribution in [0.3, 0.4) is 0 Å². The van der Waals surface area contributed by atoms with Crippen LogP contribution in [0, 0.1) is 6.92 Å². The summed E-state index contributed by atoms with van der Waals surface area (Å²) in [5.41, 5.74) is -0.0856. The molecule has 1 heterocycles. The van der Waals surface area contributed by atoms with E-state index in [2.05, 4.69) is 9.68 Å². The lowest BCUT2D eigenvalue weighted by Crippen LogP contribution is -1.92. The second-order valence-electron chi connectivity index (χ2n) is 1.81. The number of aromatic nitrogens is 1. The number of hydrogen-bond acceptors (Lipinski definition) is 4. The normalized spacial score (nSPS) is 11.9. The first-order chi connectivity index (χ1) is 4.93. The van der Waals surface area contributed by atoms with E-state index in [4.69, 9.17) is 11.6 Å². The van der Waals surface area contributed by atoms with Crippen molar-refractivity contribution in [3.8, 4) is 0 Å². The second-order valence-corrected chi connectivity index (χ2v) is 3.44. The fourth-order valence-electron chi connectivity index (χ4n) is 0.606. The van der Waals surface area contributed by atoms with E-state index in [9.17, 15) is 12.3 Å². The lowest BCUT2D eigenvalue weighted by Gasteiger charge is -1.87. The molecule has 0 aliphatic heterocycles. The molecule has 0 aliphatic rings. The molecule has 11 heavy (non-hydrogen) atoms. The van der Waals surface area contributed by atoms with Gasteiger partial charge in [0.05, 0.1) is 0 Å². The molecule has 0 aliphatic carbocycles. The molecule has 1 aromatic heterocycles. The fraction of sp³-hybridized carbons (Fsp3) is 0.250. The van der Waals surface area contributed by atoms with E-state index >= 15 is 0 Å². The van der Waals surface area contributed by atoms with Gasteiger partial charge in [-0.3, -0.25) is 0 Å². The van der Waals surface area contributed by atoms with Gasteiger partial charge in [-0.05, 0) is 18.5 Å². The largest absolute Gasteiger partial charge is 0.343 e. The van der Waals surface area contributed by atoms with Crippen molar-refractivity contribution in [2.24, 2.45) is 0 Å². The minimum atomic E-state index is -4.81. The molecule has 0 bridgehead atoms. The van der Waals surface area contributed by atoms with Crippen LogP contribution in [0.25, 0.3) is 0 Å². The van der Waals surface area contributed by atoms with Crippen molar-refractivity contribution in [2.45, 2.75) is 11.8 Å². The van der Waals surface area contributed by atoms with E-state index in [0.29, 0.717) is 0 Å². The van der Waals surface area contributed by atoms with Gasteiger partial charge in [0.1, 0.15) is 5.69 Å². The molecule has 0 fully saturated rings. The van der Waals surface area contributed by atoms with Crippen molar-refractivity contribution >= 4 is 21.8 Å². The SMILES string of the molecule is Cc1noc(Cl)c1S(=O)(=O)F. The Morgan fingerprint density at radius 2 is 2.18 bits per heavy atom. The molecular weight excluding hydrogens is 197 g/mol. The molecule has 4 nitrogen and oxygen atoms in total. The summed E-state index contributed by atoms with van der Waals surface area (Å²) < 4.78 is 37.1. The van der Waals surface area contributed by atoms with Gasteiger partial charge in [0.2, 0.25) is 5.22 Å². The molecule has 0 aromatic carbocycles. The van der Waals surface area contributed by atoms with E-state index < -0.39 is 20.3 Å². The smallest absolute Gasteiger partial charge is 0.338 e. The summed E-state index contributed by atoms with van der Waals surface area (Å²) in [5.74, 6) is 0. The average molecular weight is 200 g/mol. The van der Waals surface area contributed by atoms with Crippen LogP contribution in [-0.4, -0.2) is 13.6 Å². The zero-order valence-electron chi connectivity index (χ0n) is 5.34. The number of halogens is 2. The summed E-state index contributed by atoms with van der Waals surface area (Å²) in [5, 5.41) is 2.61. The molecule has 7 heteroatoms. The molecule has 0 saturated heterocycles. The van der Waals surface area contributed by atoms with Crippen LogP contribution in [0.5, 0.6) is 0 Å². The van der Waals surface area contributed by atoms with Crippen LogP contribution in [0.15, 0.2) is 9.42 Å². The Labute approximate surface area is 67.2 Å². The third-order valence-corrected chi connectivity index (χ3v) is 2.35. The monoisotopic (exact) mass is 199 g/mol. The standard InChI is InChI=1S/C4H3ClFNO3S/c1-2-3(11(6,8)9)4(5)10-7-2/h1H3. The van der Waals surface area contributed by atoms with Crippen molar-refractivity contribution < 1.29 is 16.8 Å². The first-order valence-corrected chi connectivity index (χ1v) is 4.25. The number of aryl methyl sites for hydroxylation is 1. The molecule has 0 unspecified atom stereocenters. The number of nitrogens with zero attached hydrogens (tertiary/aromatic N) is 1. The molecule has 0 N–H and O–H groups in total. The summed E-state index contributed by atoms with van der Waals surface area (Å²) >= 11 is 5.18. The highest BCUT2D eigenvalue weighted by Gasteiger charge is 2.24. The lowest BCUT2D eigenvalue weighted by atomic mass is 10.5. The van der Waals surface area contributed by atoms with Crippen LogP contribution in [0.2, 0.25) is 5.22 Å². The summed E-state index contributed by atoms with van der Waals surface area (Å²) in [6.07, 6.45) is 0. The highest BCUT2D eigenvalue weighted by atomic mass is 35.5. The highest BCUT2D eigenvalue weighted by Crippen LogP contribution is 2.25. The minimum Gasteiger partial charge on any atom is -0.343 e. The lowest BCUT2D eigenvalue weighted by molar-refractivity contribution is 0.415. The maximum atomic E-state index is 12.3. The van der Waals surface area contributed by atoms with E-state index in [1.54, 1.807) is 0 Å². The Morgan fingerprint density at radius 1 is 1.64 bits per heavy atom. The average Bonchev–Trinajstić information content (AvgIpc) is 2.08. The molecule has 0 amide bonds. The van der Waals surface area contributed by atoms with Crippen molar-refractivity contribution in [1.82, 2.24) is 5.16 Å². The third-order valence-electron chi connectivity index (χ3n) is 1.01. The van der Waals surface area contributed by atoms with Gasteiger partial charge in [-0.1, -0.05) is 5.16 Å². The maximum absolute atomic E-state index is 12.3. The predicted molar refractivity (Wildman–Crippen MR) is 34.5 cm³/mol. The maximum Gasteiger partial charge on any atom is 0.338 e. The van der Waals surface area contributed by atoms with Crippen molar-refractivity contribution in [1.29, 1.82) is 0 Å². The van der Waals surface area contributed by atoms with Crippen LogP contribution >= 0.6 is 11.6 Å². The molecule has 0 radical (unpaired) electrons. The third kappa shape index (κ3) is 1.51. The van der Waals surface area contributed by atoms with Crippen LogP contribution < -0.4 is 0 Å². The Kier molecular flexibility index (Phi) is 1.89. The first kappa shape index (κ1) is 8.48. The molecule has 0 saturated carbocycles. The van der Waals surface area contributed by atoms with Crippen molar-refractivity contribution in [2.75, 3.05) is 0 Å². The van der Waals surface area contributed by atoms with Crippen molar-refractivity contribution in [3.63, 3.8) is 0 Å². The Morgan fingerprint density at radius 3 is 2.36 bits per heavy atom. The Bertz CT molecular complexity index is 351. The zero-order chi connectivity index (χ0) is 8.65. The van der Waals surface area contributed by atoms with E-state index in [-0.39, 0.29) is 5.69 Å². The van der Waals surface area contributed by atoms with E-state index in [1.165, 1.54) is 6.92 Å². The molecule has 1 aromatic rings. The summed E-state index contributed by atoms with van der Waals surface area (Å²) in [6.45, 7) is 1.28. The van der Waals surface area contributed by atoms with Gasteiger partial charge in [-0.25, -0.2) is 0 Å². The number of rotatable bonds is 1. The first-order valence-electron chi connectivity index (χ1n) is 2.49. The zero-order valence-corrected chi connectivity index (χ0v) is 6.91. The minimum absolute atomic E-state index is 0.0856. The molecular formula is C4H3ClFNO3S. The van der Waals surface area contributed by atoms with Crippen LogP contribution in [0.1, 0.15) is 5.69 Å². The number of hydrogen-bond donors (Lipinski definition) is 0. The van der Waals surface area contributed by atoms with Gasteiger partial charge in [0.15, 0.2) is 4.90 Å². The van der Waals surface area contributed by atoms with Gasteiger partial charge in [-0.15, -0.1) is 3.89 Å².